The Kier molecular flexibility index (Phi) is 2.81. The quantitative estimate of drug-likeness (QED) is 0.536. The summed E-state index contributed by atoms with van der Waals surface area (Å²) >= 11 is 0. The van der Waals surface area contributed by atoms with E-state index in [2.05, 4.69) is 5.32 Å². The number of nitrogens with one attached hydrogen (secondary N) is 1. The van der Waals surface area contributed by atoms with Crippen molar-refractivity contribution in [3.05, 3.63) is 4.91 Å². The lowest BCUT2D eigenvalue weighted by atomic mass is 10.0. The summed E-state index contributed by atoms with van der Waals surface area (Å²) in [6.07, 6.45) is 4.52. The Hall–Kier alpha value is -0.440. The first kappa shape index (κ1) is 7.66. The van der Waals surface area contributed by atoms with Crippen LogP contribution in [0.4, 0.5) is 0 Å². The van der Waals surface area contributed by atoms with Crippen LogP contribution < -0.4 is 10.9 Å². The van der Waals surface area contributed by atoms with Gasteiger partial charge in [-0.15, -0.1) is 4.91 Å². The number of piperidine rings is 1. The first-order chi connectivity index (χ1) is 4.95. The molecule has 1 heterocycles. The maximum absolute atomic E-state index is 7.25. The molecule has 1 N–H and O–H groups in total. The van der Waals surface area contributed by atoms with Crippen LogP contribution in [-0.2, 0) is 0 Å². The smallest absolute Gasteiger partial charge is 0.120 e. The fraction of sp³-hybridized carbons (Fsp3) is 1.00. The molecule has 1 aliphatic carbocycles. The van der Waals surface area contributed by atoms with Crippen molar-refractivity contribution >= 4 is 0 Å². The molecule has 0 amide bonds. The number of hydrogen-bond acceptors (Lipinski definition) is 2. The van der Waals surface area contributed by atoms with Gasteiger partial charge in [-0.2, -0.15) is 0 Å². The lowest BCUT2D eigenvalue weighted by Crippen LogP contribution is -2.30. The van der Waals surface area contributed by atoms with E-state index in [1.165, 1.54) is 32.4 Å². The summed E-state index contributed by atoms with van der Waals surface area (Å²) in [4.78, 5) is 7.25. The average molecular weight is 141 g/mol. The zero-order valence-electron chi connectivity index (χ0n) is 6.05. The van der Waals surface area contributed by atoms with E-state index < -0.39 is 0 Å². The van der Waals surface area contributed by atoms with Crippen LogP contribution in [0.2, 0.25) is 0 Å². The van der Waals surface area contributed by atoms with Gasteiger partial charge >= 0.3 is 0 Å². The van der Waals surface area contributed by atoms with E-state index in [1.54, 1.807) is 0 Å². The molecule has 3 heteroatoms. The molecule has 0 aromatic carbocycles. The summed E-state index contributed by atoms with van der Waals surface area (Å²) in [5.41, 5.74) is 5.75. The SMILES string of the molecule is C1CC2CNCC1C2.[N]=O. The maximum atomic E-state index is 7.25. The van der Waals surface area contributed by atoms with Crippen molar-refractivity contribution in [2.24, 2.45) is 11.8 Å². The van der Waals surface area contributed by atoms with Gasteiger partial charge in [-0.3, -0.25) is 0 Å². The van der Waals surface area contributed by atoms with Gasteiger partial charge in [0.25, 0.3) is 0 Å². The normalized spacial score (nSPS) is 36.4. The molecular formula is C7H13N2O. The number of rotatable bonds is 0. The minimum Gasteiger partial charge on any atom is -0.316 e. The Morgan fingerprint density at radius 1 is 1.10 bits per heavy atom. The highest BCUT2D eigenvalue weighted by atomic mass is 16.2. The lowest BCUT2D eigenvalue weighted by molar-refractivity contribution is 0.379. The van der Waals surface area contributed by atoms with E-state index >= 15 is 0 Å². The third kappa shape index (κ3) is 1.53. The molecule has 2 rings (SSSR count). The second-order valence-electron chi connectivity index (χ2n) is 3.20. The fourth-order valence-electron chi connectivity index (χ4n) is 2.04. The van der Waals surface area contributed by atoms with Gasteiger partial charge in [-0.1, -0.05) is 0 Å². The molecular weight excluding hydrogens is 128 g/mol. The van der Waals surface area contributed by atoms with Crippen molar-refractivity contribution in [3.63, 3.8) is 0 Å². The standard InChI is InChI=1S/C7H13N.NO/c1-2-7-3-6(1)4-8-5-7;1-2/h6-8H,1-5H2;. The van der Waals surface area contributed by atoms with Crippen molar-refractivity contribution < 1.29 is 0 Å². The van der Waals surface area contributed by atoms with Gasteiger partial charge in [0.1, 0.15) is 5.59 Å². The number of fused-ring (bicyclic) bond motifs is 2. The monoisotopic (exact) mass is 141 g/mol. The molecule has 2 fully saturated rings. The first-order valence-electron chi connectivity index (χ1n) is 3.84. The Morgan fingerprint density at radius 2 is 1.60 bits per heavy atom. The van der Waals surface area contributed by atoms with Gasteiger partial charge in [0.15, 0.2) is 0 Å². The van der Waals surface area contributed by atoms with Crippen LogP contribution in [0.1, 0.15) is 19.3 Å². The molecule has 0 spiro atoms. The van der Waals surface area contributed by atoms with E-state index in [4.69, 9.17) is 10.5 Å². The Bertz CT molecular complexity index is 93.8. The van der Waals surface area contributed by atoms with Crippen LogP contribution in [0.5, 0.6) is 0 Å². The van der Waals surface area contributed by atoms with Crippen molar-refractivity contribution in [2.75, 3.05) is 13.1 Å². The van der Waals surface area contributed by atoms with Crippen LogP contribution in [0.15, 0.2) is 0 Å². The number of nitroso groups, excluding NO2 is 1. The van der Waals surface area contributed by atoms with Crippen LogP contribution in [0.25, 0.3) is 0 Å². The van der Waals surface area contributed by atoms with E-state index in [9.17, 15) is 0 Å². The van der Waals surface area contributed by atoms with E-state index in [1.807, 2.05) is 0 Å². The second-order valence-corrected chi connectivity index (χ2v) is 3.20. The van der Waals surface area contributed by atoms with E-state index in [0.29, 0.717) is 0 Å². The van der Waals surface area contributed by atoms with Gasteiger partial charge < -0.3 is 5.32 Å². The summed E-state index contributed by atoms with van der Waals surface area (Å²) in [7, 11) is 0. The molecule has 2 bridgehead atoms. The van der Waals surface area contributed by atoms with Crippen molar-refractivity contribution in [2.45, 2.75) is 19.3 Å². The third-order valence-corrected chi connectivity index (χ3v) is 2.52. The molecule has 2 atom stereocenters. The molecule has 1 radical (unpaired) electrons. The molecule has 3 nitrogen and oxygen atoms in total. The topological polar surface area (TPSA) is 51.4 Å². The molecule has 1 saturated carbocycles. The van der Waals surface area contributed by atoms with E-state index in [-0.39, 0.29) is 0 Å². The van der Waals surface area contributed by atoms with Crippen LogP contribution in [-0.4, -0.2) is 13.1 Å². The average Bonchev–Trinajstić information content (AvgIpc) is 2.35. The predicted octanol–water partition coefficient (Wildman–Crippen LogP) is 0.559. The van der Waals surface area contributed by atoms with E-state index in [0.717, 1.165) is 11.8 Å². The van der Waals surface area contributed by atoms with Gasteiger partial charge in [-0.05, 0) is 44.2 Å². The Labute approximate surface area is 61.0 Å². The highest BCUT2D eigenvalue weighted by Crippen LogP contribution is 2.32. The number of hydrogen-bond donors (Lipinski definition) is 1. The largest absolute Gasteiger partial charge is 0.316 e. The summed E-state index contributed by atoms with van der Waals surface area (Å²) in [5.74, 6) is 2.10. The molecule has 2 unspecified atom stereocenters. The molecule has 1 saturated heterocycles. The van der Waals surface area contributed by atoms with Crippen LogP contribution in [0, 0.1) is 16.7 Å². The van der Waals surface area contributed by atoms with Crippen molar-refractivity contribution in [3.8, 4) is 0 Å². The summed E-state index contributed by atoms with van der Waals surface area (Å²) in [6.45, 7) is 2.60. The molecule has 57 valence electrons. The first-order valence-corrected chi connectivity index (χ1v) is 3.84. The second kappa shape index (κ2) is 3.66. The zero-order chi connectivity index (χ0) is 7.40. The van der Waals surface area contributed by atoms with Crippen LogP contribution in [0.3, 0.4) is 0 Å². The zero-order valence-corrected chi connectivity index (χ0v) is 6.05. The van der Waals surface area contributed by atoms with Crippen molar-refractivity contribution in [1.82, 2.24) is 10.9 Å². The molecule has 0 aromatic heterocycles. The summed E-state index contributed by atoms with van der Waals surface area (Å²) in [6, 6.07) is 0. The minimum atomic E-state index is 1.05. The van der Waals surface area contributed by atoms with Gasteiger partial charge in [0, 0.05) is 0 Å². The number of nitrogens with zero attached hydrogens (tertiary/aromatic N) is 1. The third-order valence-electron chi connectivity index (χ3n) is 2.52. The van der Waals surface area contributed by atoms with Gasteiger partial charge in [0.2, 0.25) is 0 Å². The van der Waals surface area contributed by atoms with Crippen LogP contribution >= 0.6 is 0 Å². The molecule has 0 aromatic rings. The molecule has 2 aliphatic rings. The molecule has 1 aliphatic heterocycles. The minimum absolute atomic E-state index is 1.05. The lowest BCUT2D eigenvalue weighted by Gasteiger charge is -2.18. The predicted molar refractivity (Wildman–Crippen MR) is 39.2 cm³/mol. The highest BCUT2D eigenvalue weighted by Gasteiger charge is 2.27. The van der Waals surface area contributed by atoms with Gasteiger partial charge in [-0.25, -0.2) is 0 Å². The summed E-state index contributed by atoms with van der Waals surface area (Å²) in [5, 5.41) is 3.45. The highest BCUT2D eigenvalue weighted by molar-refractivity contribution is 4.82. The maximum Gasteiger partial charge on any atom is 0.120 e. The van der Waals surface area contributed by atoms with Crippen molar-refractivity contribution in [1.29, 1.82) is 0 Å². The Morgan fingerprint density at radius 3 is 2.00 bits per heavy atom. The Balaban J connectivity index is 0.000000231. The summed E-state index contributed by atoms with van der Waals surface area (Å²) < 4.78 is 0. The fourth-order valence-corrected chi connectivity index (χ4v) is 2.04. The molecule has 10 heavy (non-hydrogen) atoms. The van der Waals surface area contributed by atoms with Gasteiger partial charge in [0.05, 0.1) is 0 Å².